The Morgan fingerprint density at radius 3 is 2.06 bits per heavy atom. The van der Waals surface area contributed by atoms with Gasteiger partial charge in [-0.05, 0) is 42.3 Å². The predicted molar refractivity (Wildman–Crippen MR) is 113 cm³/mol. The van der Waals surface area contributed by atoms with Gasteiger partial charge < -0.3 is 20.7 Å². The van der Waals surface area contributed by atoms with Crippen LogP contribution in [0.1, 0.15) is 31.1 Å². The van der Waals surface area contributed by atoms with Gasteiger partial charge in [-0.1, -0.05) is 26.0 Å². The molecule has 31 heavy (non-hydrogen) atoms. The van der Waals surface area contributed by atoms with Gasteiger partial charge in [-0.15, -0.1) is 0 Å². The van der Waals surface area contributed by atoms with Crippen LogP contribution in [-0.4, -0.2) is 36.3 Å². The Kier molecular flexibility index (Phi) is 8.25. The second-order valence-electron chi connectivity index (χ2n) is 7.09. The van der Waals surface area contributed by atoms with E-state index in [4.69, 9.17) is 4.74 Å². The van der Waals surface area contributed by atoms with Gasteiger partial charge in [0.25, 0.3) is 11.8 Å². The maximum absolute atomic E-state index is 13.8. The van der Waals surface area contributed by atoms with Crippen molar-refractivity contribution < 1.29 is 28.3 Å². The molecular formula is C22H24FN3O5. The first-order valence-electron chi connectivity index (χ1n) is 9.57. The monoisotopic (exact) mass is 429 g/mol. The van der Waals surface area contributed by atoms with Gasteiger partial charge in [0.05, 0.1) is 5.56 Å². The molecule has 0 saturated carbocycles. The molecule has 0 aliphatic heterocycles. The van der Waals surface area contributed by atoms with Crippen LogP contribution >= 0.6 is 0 Å². The molecular weight excluding hydrogens is 405 g/mol. The van der Waals surface area contributed by atoms with Crippen molar-refractivity contribution in [2.24, 2.45) is 5.92 Å². The molecule has 164 valence electrons. The second-order valence-corrected chi connectivity index (χ2v) is 7.09. The maximum Gasteiger partial charge on any atom is 0.329 e. The summed E-state index contributed by atoms with van der Waals surface area (Å²) in [5, 5.41) is 7.60. The van der Waals surface area contributed by atoms with Crippen molar-refractivity contribution in [3.8, 4) is 0 Å². The SMILES string of the molecule is CC(=O)Nc1ccc(NC(=O)COC(=O)[C@@H](NC(=O)c2ccccc2F)C(C)C)cc1. The third kappa shape index (κ3) is 7.22. The molecule has 0 aliphatic rings. The Bertz CT molecular complexity index is 960. The minimum atomic E-state index is -1.06. The van der Waals surface area contributed by atoms with Crippen LogP contribution in [0.4, 0.5) is 15.8 Å². The normalized spacial score (nSPS) is 11.4. The number of halogens is 1. The van der Waals surface area contributed by atoms with E-state index < -0.39 is 36.2 Å². The van der Waals surface area contributed by atoms with E-state index in [0.29, 0.717) is 11.4 Å². The Balaban J connectivity index is 1.90. The van der Waals surface area contributed by atoms with E-state index in [1.54, 1.807) is 38.1 Å². The van der Waals surface area contributed by atoms with Crippen molar-refractivity contribution in [2.75, 3.05) is 17.2 Å². The molecule has 2 aromatic rings. The molecule has 0 spiro atoms. The van der Waals surface area contributed by atoms with Crippen molar-refractivity contribution in [3.05, 3.63) is 59.9 Å². The van der Waals surface area contributed by atoms with E-state index in [1.165, 1.54) is 25.1 Å². The Morgan fingerprint density at radius 1 is 0.935 bits per heavy atom. The van der Waals surface area contributed by atoms with Gasteiger partial charge in [0.1, 0.15) is 11.9 Å². The van der Waals surface area contributed by atoms with E-state index in [0.717, 1.165) is 6.07 Å². The van der Waals surface area contributed by atoms with Crippen LogP contribution < -0.4 is 16.0 Å². The van der Waals surface area contributed by atoms with Gasteiger partial charge in [0.2, 0.25) is 5.91 Å². The zero-order valence-corrected chi connectivity index (χ0v) is 17.4. The number of esters is 1. The van der Waals surface area contributed by atoms with Gasteiger partial charge >= 0.3 is 5.97 Å². The lowest BCUT2D eigenvalue weighted by Gasteiger charge is -2.21. The zero-order chi connectivity index (χ0) is 23.0. The van der Waals surface area contributed by atoms with Crippen molar-refractivity contribution in [1.29, 1.82) is 0 Å². The molecule has 9 heteroatoms. The first-order valence-corrected chi connectivity index (χ1v) is 9.57. The van der Waals surface area contributed by atoms with Crippen LogP contribution in [0.5, 0.6) is 0 Å². The molecule has 0 bridgehead atoms. The van der Waals surface area contributed by atoms with E-state index in [9.17, 15) is 23.6 Å². The van der Waals surface area contributed by atoms with E-state index >= 15 is 0 Å². The third-order valence-electron chi connectivity index (χ3n) is 4.16. The Labute approximate surface area is 179 Å². The largest absolute Gasteiger partial charge is 0.454 e. The molecule has 3 amide bonds. The lowest BCUT2D eigenvalue weighted by Crippen LogP contribution is -2.46. The summed E-state index contributed by atoms with van der Waals surface area (Å²) >= 11 is 0. The lowest BCUT2D eigenvalue weighted by atomic mass is 10.0. The van der Waals surface area contributed by atoms with Gasteiger partial charge in [-0.2, -0.15) is 0 Å². The van der Waals surface area contributed by atoms with Gasteiger partial charge in [0.15, 0.2) is 6.61 Å². The van der Waals surface area contributed by atoms with E-state index in [1.807, 2.05) is 0 Å². The van der Waals surface area contributed by atoms with Crippen LogP contribution in [0, 0.1) is 11.7 Å². The summed E-state index contributed by atoms with van der Waals surface area (Å²) in [6, 6.07) is 10.7. The minimum Gasteiger partial charge on any atom is -0.454 e. The number of ether oxygens (including phenoxy) is 1. The molecule has 3 N–H and O–H groups in total. The third-order valence-corrected chi connectivity index (χ3v) is 4.16. The number of nitrogens with one attached hydrogen (secondary N) is 3. The average Bonchev–Trinajstić information content (AvgIpc) is 2.71. The van der Waals surface area contributed by atoms with Crippen LogP contribution in [0.25, 0.3) is 0 Å². The van der Waals surface area contributed by atoms with Crippen LogP contribution in [0.3, 0.4) is 0 Å². The number of anilines is 2. The fourth-order valence-corrected chi connectivity index (χ4v) is 2.63. The Hall–Kier alpha value is -3.75. The van der Waals surface area contributed by atoms with Crippen LogP contribution in [0.15, 0.2) is 48.5 Å². The molecule has 1 atom stereocenters. The van der Waals surface area contributed by atoms with E-state index in [-0.39, 0.29) is 17.4 Å². The average molecular weight is 429 g/mol. The fraction of sp³-hybridized carbons (Fsp3) is 0.273. The number of rotatable bonds is 8. The first-order chi connectivity index (χ1) is 14.7. The molecule has 0 unspecified atom stereocenters. The summed E-state index contributed by atoms with van der Waals surface area (Å²) in [5.41, 5.74) is 0.826. The lowest BCUT2D eigenvalue weighted by molar-refractivity contribution is -0.150. The quantitative estimate of drug-likeness (QED) is 0.559. The highest BCUT2D eigenvalue weighted by Crippen LogP contribution is 2.14. The van der Waals surface area contributed by atoms with Crippen LogP contribution in [0.2, 0.25) is 0 Å². The number of hydrogen-bond acceptors (Lipinski definition) is 5. The fourth-order valence-electron chi connectivity index (χ4n) is 2.63. The number of amides is 3. The Morgan fingerprint density at radius 2 is 1.52 bits per heavy atom. The molecule has 0 aliphatic carbocycles. The molecule has 0 aromatic heterocycles. The number of carbonyl (C=O) groups is 4. The maximum atomic E-state index is 13.8. The van der Waals surface area contributed by atoms with Gasteiger partial charge in [-0.25, -0.2) is 9.18 Å². The summed E-state index contributed by atoms with van der Waals surface area (Å²) in [6.07, 6.45) is 0. The van der Waals surface area contributed by atoms with E-state index in [2.05, 4.69) is 16.0 Å². The van der Waals surface area contributed by atoms with Gasteiger partial charge in [-0.3, -0.25) is 14.4 Å². The molecule has 2 aromatic carbocycles. The van der Waals surface area contributed by atoms with Crippen molar-refractivity contribution in [2.45, 2.75) is 26.8 Å². The molecule has 0 fully saturated rings. The highest BCUT2D eigenvalue weighted by Gasteiger charge is 2.27. The summed E-state index contributed by atoms with van der Waals surface area (Å²) in [5.74, 6) is -3.42. The van der Waals surface area contributed by atoms with Crippen molar-refractivity contribution in [3.63, 3.8) is 0 Å². The topological polar surface area (TPSA) is 114 Å². The zero-order valence-electron chi connectivity index (χ0n) is 17.4. The molecule has 2 rings (SSSR count). The second kappa shape index (κ2) is 10.9. The predicted octanol–water partition coefficient (Wildman–Crippen LogP) is 2.72. The van der Waals surface area contributed by atoms with Crippen LogP contribution in [-0.2, 0) is 19.1 Å². The minimum absolute atomic E-state index is 0.193. The highest BCUT2D eigenvalue weighted by molar-refractivity contribution is 5.98. The smallest absolute Gasteiger partial charge is 0.329 e. The first kappa shape index (κ1) is 23.5. The highest BCUT2D eigenvalue weighted by atomic mass is 19.1. The summed E-state index contributed by atoms with van der Waals surface area (Å²) in [6.45, 7) is 4.19. The summed E-state index contributed by atoms with van der Waals surface area (Å²) in [4.78, 5) is 47.8. The standard InChI is InChI=1S/C22H24FN3O5/c1-13(2)20(26-21(29)17-6-4-5-7-18(17)23)22(30)31-12-19(28)25-16-10-8-15(9-11-16)24-14(3)27/h4-11,13,20H,12H2,1-3H3,(H,24,27)(H,25,28)(H,26,29)/t20-/m0/s1. The van der Waals surface area contributed by atoms with Gasteiger partial charge in [0, 0.05) is 18.3 Å². The number of benzene rings is 2. The molecule has 0 heterocycles. The molecule has 0 saturated heterocycles. The van der Waals surface area contributed by atoms with Crippen molar-refractivity contribution >= 4 is 35.1 Å². The van der Waals surface area contributed by atoms with Crippen molar-refractivity contribution in [1.82, 2.24) is 5.32 Å². The molecule has 0 radical (unpaired) electrons. The molecule has 8 nitrogen and oxygen atoms in total. The summed E-state index contributed by atoms with van der Waals surface area (Å²) < 4.78 is 18.8. The summed E-state index contributed by atoms with van der Waals surface area (Å²) in [7, 11) is 0. The number of hydrogen-bond donors (Lipinski definition) is 3. The number of carbonyl (C=O) groups excluding carboxylic acids is 4.